The molecule has 1 amide bonds. The van der Waals surface area contributed by atoms with Gasteiger partial charge in [0.05, 0.1) is 25.4 Å². The highest BCUT2D eigenvalue weighted by Crippen LogP contribution is 2.26. The Labute approximate surface area is 437 Å². The lowest BCUT2D eigenvalue weighted by atomic mass is 9.99. The Balaban J connectivity index is 2.77. The second-order valence-electron chi connectivity index (χ2n) is 19.4. The predicted octanol–water partition coefficient (Wildman–Crippen LogP) is 12.8. The number of aliphatic hydroxyl groups excluding tert-OH is 5. The van der Waals surface area contributed by atoms with E-state index in [4.69, 9.17) is 14.2 Å². The standard InChI is InChI=1S/C61H103NO10/c1-4-7-10-13-16-19-22-25-27-28-29-31-34-37-40-43-46-49-56(66)72-59-58(68)57(67)55(50-63)71-61(59)70-51-52(53(64)47-44-41-38-35-32-24-21-18-15-12-9-6-3)62-60(69)54(65)48-45-42-39-36-33-30-26-23-20-17-14-11-8-5-2/h8,11,14,16-17,19-20,23,25-27,29-31,44,47,52-55,57-59,61,63-65,67-68H,4-7,9-10,12-13,15,18,21-22,24,28,32-43,45-46,48-51H2,1-3H3,(H,62,69)/b11-8+,17-14+,19-16-,23-20+,27-25-,30-26-,31-29-,47-44+. The van der Waals surface area contributed by atoms with Crippen LogP contribution in [0.3, 0.4) is 0 Å². The minimum absolute atomic E-state index is 0.0898. The highest BCUT2D eigenvalue weighted by molar-refractivity contribution is 5.80. The molecule has 11 nitrogen and oxygen atoms in total. The summed E-state index contributed by atoms with van der Waals surface area (Å²) in [5.74, 6) is -1.25. The second-order valence-corrected chi connectivity index (χ2v) is 19.4. The van der Waals surface area contributed by atoms with Crippen LogP contribution in [-0.4, -0.2) is 99.6 Å². The van der Waals surface area contributed by atoms with Gasteiger partial charge in [-0.15, -0.1) is 0 Å². The second kappa shape index (κ2) is 48.5. The maximum atomic E-state index is 13.4. The number of ether oxygens (including phenoxy) is 3. The fourth-order valence-electron chi connectivity index (χ4n) is 8.25. The summed E-state index contributed by atoms with van der Waals surface area (Å²) in [6, 6.07) is -1.05. The number of aliphatic hydroxyl groups is 5. The predicted molar refractivity (Wildman–Crippen MR) is 296 cm³/mol. The molecule has 0 aromatic carbocycles. The smallest absolute Gasteiger partial charge is 0.306 e. The zero-order valence-electron chi connectivity index (χ0n) is 45.3. The van der Waals surface area contributed by atoms with Crippen LogP contribution in [-0.2, 0) is 23.8 Å². The molecule has 0 radical (unpaired) electrons. The third-order valence-corrected chi connectivity index (χ3v) is 12.8. The summed E-state index contributed by atoms with van der Waals surface area (Å²) < 4.78 is 17.5. The van der Waals surface area contributed by atoms with E-state index in [2.05, 4.69) is 74.7 Å². The minimum Gasteiger partial charge on any atom is -0.454 e. The Kier molecular flexibility index (Phi) is 44.9. The number of rotatable bonds is 46. The highest BCUT2D eigenvalue weighted by atomic mass is 16.7. The third kappa shape index (κ3) is 36.5. The summed E-state index contributed by atoms with van der Waals surface area (Å²) >= 11 is 0. The van der Waals surface area contributed by atoms with Crippen LogP contribution in [0.1, 0.15) is 213 Å². The molecular formula is C61H103NO10. The first-order chi connectivity index (χ1) is 35.2. The fraction of sp³-hybridized carbons (Fsp3) is 0.705. The molecule has 0 aromatic heterocycles. The summed E-state index contributed by atoms with van der Waals surface area (Å²) in [7, 11) is 0. The first-order valence-corrected chi connectivity index (χ1v) is 28.6. The van der Waals surface area contributed by atoms with Crippen molar-refractivity contribution >= 4 is 11.9 Å². The summed E-state index contributed by atoms with van der Waals surface area (Å²) in [5.41, 5.74) is 0. The van der Waals surface area contributed by atoms with Crippen molar-refractivity contribution in [1.82, 2.24) is 5.32 Å². The number of hydrogen-bond acceptors (Lipinski definition) is 10. The molecule has 1 fully saturated rings. The highest BCUT2D eigenvalue weighted by Gasteiger charge is 2.47. The maximum Gasteiger partial charge on any atom is 0.306 e. The molecule has 0 bridgehead atoms. The van der Waals surface area contributed by atoms with Gasteiger partial charge in [0, 0.05) is 6.42 Å². The molecule has 11 heteroatoms. The number of esters is 1. The van der Waals surface area contributed by atoms with Crippen LogP contribution in [0.25, 0.3) is 0 Å². The Morgan fingerprint density at radius 2 is 1.06 bits per heavy atom. The number of carbonyl (C=O) groups excluding carboxylic acids is 2. The van der Waals surface area contributed by atoms with E-state index >= 15 is 0 Å². The fourth-order valence-corrected chi connectivity index (χ4v) is 8.25. The molecule has 0 spiro atoms. The Bertz CT molecular complexity index is 1530. The zero-order chi connectivity index (χ0) is 52.5. The zero-order valence-corrected chi connectivity index (χ0v) is 45.3. The number of nitrogens with one attached hydrogen (secondary N) is 1. The van der Waals surface area contributed by atoms with E-state index in [1.165, 1.54) is 64.2 Å². The topological polar surface area (TPSA) is 175 Å². The number of unbranched alkanes of at least 4 members (excludes halogenated alkanes) is 21. The molecule has 72 heavy (non-hydrogen) atoms. The van der Waals surface area contributed by atoms with Crippen LogP contribution in [0.2, 0.25) is 0 Å². The van der Waals surface area contributed by atoms with Crippen molar-refractivity contribution in [3.05, 3.63) is 97.2 Å². The van der Waals surface area contributed by atoms with Gasteiger partial charge in [-0.2, -0.15) is 0 Å². The lowest BCUT2D eigenvalue weighted by molar-refractivity contribution is -0.305. The van der Waals surface area contributed by atoms with E-state index in [1.54, 1.807) is 6.08 Å². The molecule has 1 heterocycles. The lowest BCUT2D eigenvalue weighted by Gasteiger charge is -2.41. The quantitative estimate of drug-likeness (QED) is 0.0149. The van der Waals surface area contributed by atoms with Crippen LogP contribution >= 0.6 is 0 Å². The third-order valence-electron chi connectivity index (χ3n) is 12.8. The van der Waals surface area contributed by atoms with Crippen LogP contribution in [0, 0.1) is 0 Å². The average molecular weight is 1010 g/mol. The lowest BCUT2D eigenvalue weighted by Crippen LogP contribution is -2.61. The van der Waals surface area contributed by atoms with Crippen molar-refractivity contribution < 1.29 is 49.3 Å². The van der Waals surface area contributed by atoms with Crippen molar-refractivity contribution in [2.75, 3.05) is 13.2 Å². The molecule has 412 valence electrons. The molecule has 8 atom stereocenters. The van der Waals surface area contributed by atoms with Gasteiger partial charge in [-0.25, -0.2) is 0 Å². The molecule has 1 saturated heterocycles. The minimum atomic E-state index is -1.63. The largest absolute Gasteiger partial charge is 0.454 e. The van der Waals surface area contributed by atoms with Crippen LogP contribution < -0.4 is 5.32 Å². The molecule has 1 aliphatic heterocycles. The van der Waals surface area contributed by atoms with E-state index in [0.717, 1.165) is 103 Å². The first-order valence-electron chi connectivity index (χ1n) is 28.6. The number of hydrogen-bond donors (Lipinski definition) is 6. The number of carbonyl (C=O) groups is 2. The summed E-state index contributed by atoms with van der Waals surface area (Å²) in [6.07, 6.45) is 53.0. The van der Waals surface area contributed by atoms with Crippen molar-refractivity contribution in [2.24, 2.45) is 0 Å². The van der Waals surface area contributed by atoms with Gasteiger partial charge in [0.25, 0.3) is 0 Å². The van der Waals surface area contributed by atoms with Gasteiger partial charge in [0.2, 0.25) is 5.91 Å². The first kappa shape index (κ1) is 66.6. The summed E-state index contributed by atoms with van der Waals surface area (Å²) in [6.45, 7) is 5.56. The van der Waals surface area contributed by atoms with Crippen molar-refractivity contribution in [3.8, 4) is 0 Å². The molecule has 0 saturated carbocycles. The van der Waals surface area contributed by atoms with Crippen LogP contribution in [0.5, 0.6) is 0 Å². The molecular weight excluding hydrogens is 907 g/mol. The van der Waals surface area contributed by atoms with Gasteiger partial charge in [-0.3, -0.25) is 9.59 Å². The van der Waals surface area contributed by atoms with E-state index in [9.17, 15) is 35.1 Å². The van der Waals surface area contributed by atoms with E-state index in [0.29, 0.717) is 12.8 Å². The molecule has 1 rings (SSSR count). The van der Waals surface area contributed by atoms with Gasteiger partial charge < -0.3 is 45.1 Å². The normalized spacial score (nSPS) is 20.2. The number of allylic oxidation sites excluding steroid dienone is 15. The van der Waals surface area contributed by atoms with Gasteiger partial charge in [-0.1, -0.05) is 221 Å². The average Bonchev–Trinajstić information content (AvgIpc) is 3.38. The van der Waals surface area contributed by atoms with E-state index in [1.807, 2.05) is 42.5 Å². The molecule has 1 aliphatic rings. The Hall–Kier alpha value is -3.42. The summed E-state index contributed by atoms with van der Waals surface area (Å²) in [5, 5.41) is 56.8. The molecule has 0 aliphatic carbocycles. The summed E-state index contributed by atoms with van der Waals surface area (Å²) in [4.78, 5) is 26.4. The van der Waals surface area contributed by atoms with Gasteiger partial charge in [0.1, 0.15) is 24.4 Å². The monoisotopic (exact) mass is 1010 g/mol. The van der Waals surface area contributed by atoms with Gasteiger partial charge >= 0.3 is 5.97 Å². The Morgan fingerprint density at radius 3 is 1.65 bits per heavy atom. The number of amides is 1. The van der Waals surface area contributed by atoms with Crippen molar-refractivity contribution in [2.45, 2.75) is 262 Å². The maximum absolute atomic E-state index is 13.4. The molecule has 6 N–H and O–H groups in total. The molecule has 0 aromatic rings. The van der Waals surface area contributed by atoms with E-state index in [-0.39, 0.29) is 19.4 Å². The van der Waals surface area contributed by atoms with Crippen LogP contribution in [0.4, 0.5) is 0 Å². The Morgan fingerprint density at radius 1 is 0.569 bits per heavy atom. The van der Waals surface area contributed by atoms with E-state index < -0.39 is 67.4 Å². The molecule has 8 unspecified atom stereocenters. The van der Waals surface area contributed by atoms with Crippen molar-refractivity contribution in [3.63, 3.8) is 0 Å². The van der Waals surface area contributed by atoms with Gasteiger partial charge in [0.15, 0.2) is 12.4 Å². The van der Waals surface area contributed by atoms with Gasteiger partial charge in [-0.05, 0) is 83.5 Å². The van der Waals surface area contributed by atoms with Crippen LogP contribution in [0.15, 0.2) is 97.2 Å². The van der Waals surface area contributed by atoms with Crippen molar-refractivity contribution in [1.29, 1.82) is 0 Å². The SMILES string of the molecule is CC/C=C/C=C/C=C/C=C\CCCCCCC(O)C(=O)NC(COC1OC(CO)C(O)C(O)C1OC(=O)CCCCCC/C=C\C/C=C\C/C=C\CCCCC)C(O)/C=C/CCCCCCCCCCCC.